The highest BCUT2D eigenvalue weighted by Crippen LogP contribution is 2.27. The summed E-state index contributed by atoms with van der Waals surface area (Å²) in [4.78, 5) is 0. The molecule has 0 unspecified atom stereocenters. The van der Waals surface area contributed by atoms with Crippen LogP contribution >= 0.6 is 31.9 Å². The van der Waals surface area contributed by atoms with Crippen molar-refractivity contribution >= 4 is 31.9 Å². The van der Waals surface area contributed by atoms with Gasteiger partial charge in [0, 0.05) is 9.11 Å². The van der Waals surface area contributed by atoms with Crippen molar-refractivity contribution in [2.75, 3.05) is 13.1 Å². The first-order valence-corrected chi connectivity index (χ1v) is 7.70. The molecule has 0 N–H and O–H groups in total. The van der Waals surface area contributed by atoms with Crippen LogP contribution in [0.4, 0.5) is 0 Å². The summed E-state index contributed by atoms with van der Waals surface area (Å²) in [6, 6.07) is 11.8. The fraction of sp³-hybridized carbons (Fsp3) is 0.176. The van der Waals surface area contributed by atoms with E-state index in [9.17, 15) is 0 Å². The Balaban J connectivity index is 2.33. The summed E-state index contributed by atoms with van der Waals surface area (Å²) in [5.74, 6) is -0.235. The highest BCUT2D eigenvalue weighted by molar-refractivity contribution is 9.10. The number of hydrogen-bond acceptors (Lipinski definition) is 4. The number of halogens is 2. The number of hydrogen-bond donors (Lipinski definition) is 0. The van der Waals surface area contributed by atoms with Gasteiger partial charge in [0.15, 0.2) is 0 Å². The van der Waals surface area contributed by atoms with Gasteiger partial charge >= 0.3 is 0 Å². The van der Waals surface area contributed by atoms with Crippen LogP contribution in [-0.4, -0.2) is 13.1 Å². The molecule has 0 spiro atoms. The fourth-order valence-corrected chi connectivity index (χ4v) is 2.41. The van der Waals surface area contributed by atoms with Crippen molar-refractivity contribution in [1.82, 2.24) is 0 Å². The molecule has 23 heavy (non-hydrogen) atoms. The van der Waals surface area contributed by atoms with E-state index >= 15 is 0 Å². The first-order chi connectivity index (χ1) is 13.3. The predicted octanol–water partition coefficient (Wildman–Crippen LogP) is 4.80. The highest BCUT2D eigenvalue weighted by atomic mass is 79.9. The number of benzene rings is 2. The van der Waals surface area contributed by atoms with Gasteiger partial charge in [0.25, 0.3) is 0 Å². The van der Waals surface area contributed by atoms with E-state index in [1.54, 1.807) is 0 Å². The molecule has 0 atom stereocenters. The van der Waals surface area contributed by atoms with Gasteiger partial charge in [-0.05, 0) is 68.3 Å². The Labute approximate surface area is 159 Å². The van der Waals surface area contributed by atoms with Crippen LogP contribution < -0.4 is 9.47 Å². The van der Waals surface area contributed by atoms with Gasteiger partial charge in [-0.15, -0.1) is 0 Å². The lowest BCUT2D eigenvalue weighted by Gasteiger charge is -2.10. The third-order valence-electron chi connectivity index (χ3n) is 2.55. The lowest BCUT2D eigenvalue weighted by atomic mass is 10.2. The minimum atomic E-state index is -3.28. The number of rotatable bonds is 6. The largest absolute Gasteiger partial charge is 0.492 e. The molecule has 0 bridgehead atoms. The topological polar surface area (TPSA) is 66.0 Å². The van der Waals surface area contributed by atoms with E-state index in [0.29, 0.717) is 0 Å². The molecule has 116 valence electrons. The normalized spacial score (nSPS) is 15.5. The van der Waals surface area contributed by atoms with Gasteiger partial charge in [-0.2, -0.15) is 10.5 Å². The van der Waals surface area contributed by atoms with Crippen molar-refractivity contribution in [3.8, 4) is 23.6 Å². The van der Waals surface area contributed by atoms with Crippen LogP contribution in [0.25, 0.3) is 0 Å². The molecule has 0 aliphatic rings. The maximum absolute atomic E-state index is 8.88. The van der Waals surface area contributed by atoms with Crippen LogP contribution in [0.2, 0.25) is 0 Å². The second kappa shape index (κ2) is 8.57. The highest BCUT2D eigenvalue weighted by Gasteiger charge is 2.04. The van der Waals surface area contributed by atoms with Crippen LogP contribution in [-0.2, 0) is 0 Å². The Hall–Kier alpha value is -2.02. The molecule has 6 heteroatoms. The molecule has 0 fully saturated rings. The minimum absolute atomic E-state index is 0.117. The molecule has 0 aliphatic carbocycles. The van der Waals surface area contributed by atoms with Crippen LogP contribution in [0.1, 0.15) is 25.7 Å². The third kappa shape index (κ3) is 4.99. The number of nitriles is 2. The maximum Gasteiger partial charge on any atom is 0.133 e. The first-order valence-electron chi connectivity index (χ1n) is 9.12. The smallest absolute Gasteiger partial charge is 0.133 e. The van der Waals surface area contributed by atoms with E-state index in [4.69, 9.17) is 28.2 Å². The van der Waals surface area contributed by atoms with Gasteiger partial charge in [-0.1, -0.05) is 0 Å². The summed E-state index contributed by atoms with van der Waals surface area (Å²) in [6.45, 7) is -6.32. The van der Waals surface area contributed by atoms with E-state index in [1.165, 1.54) is 36.4 Å². The summed E-state index contributed by atoms with van der Waals surface area (Å²) in [5, 5.41) is 17.8. The standard InChI is InChI=1S/C17H12Br2N2O2/c18-14-8-12(10-20)2-4-16(14)22-6-1-7-23-17-5-3-13(11-21)9-15(17)19/h2-5,8-9H,1,6-7H2/i1D2,6D2,7D2. The number of ether oxygens (including phenoxy) is 2. The van der Waals surface area contributed by atoms with Gasteiger partial charge in [-0.3, -0.25) is 0 Å². The van der Waals surface area contributed by atoms with E-state index in [-0.39, 0.29) is 31.6 Å². The third-order valence-corrected chi connectivity index (χ3v) is 3.79. The molecule has 0 radical (unpaired) electrons. The van der Waals surface area contributed by atoms with Crippen molar-refractivity contribution in [3.63, 3.8) is 0 Å². The van der Waals surface area contributed by atoms with E-state index in [0.717, 1.165) is 0 Å². The zero-order valence-corrected chi connectivity index (χ0v) is 14.6. The zero-order chi connectivity index (χ0) is 22.0. The van der Waals surface area contributed by atoms with Gasteiger partial charge in [0.1, 0.15) is 11.5 Å². The van der Waals surface area contributed by atoms with Gasteiger partial charge in [0.2, 0.25) is 0 Å². The molecule has 2 aromatic rings. The van der Waals surface area contributed by atoms with Crippen molar-refractivity contribution in [3.05, 3.63) is 56.5 Å². The quantitative estimate of drug-likeness (QED) is 0.645. The van der Waals surface area contributed by atoms with Crippen molar-refractivity contribution in [2.45, 2.75) is 6.37 Å². The van der Waals surface area contributed by atoms with E-state index in [1.807, 2.05) is 12.1 Å². The van der Waals surface area contributed by atoms with Crippen LogP contribution in [0.3, 0.4) is 0 Å². The molecule has 2 rings (SSSR count). The van der Waals surface area contributed by atoms with Crippen molar-refractivity contribution < 1.29 is 17.7 Å². The molecule has 2 aromatic carbocycles. The SMILES string of the molecule is [2H]C([2H])(Oc1ccc(C#N)cc1Br)C([2H])([2H])C([2H])([2H])Oc1ccc(C#N)cc1Br. The van der Waals surface area contributed by atoms with Crippen molar-refractivity contribution in [2.24, 2.45) is 0 Å². The Kier molecular flexibility index (Phi) is 3.99. The Morgan fingerprint density at radius 3 is 1.65 bits per heavy atom. The summed E-state index contributed by atoms with van der Waals surface area (Å²) in [7, 11) is 0. The average molecular weight is 442 g/mol. The predicted molar refractivity (Wildman–Crippen MR) is 93.3 cm³/mol. The van der Waals surface area contributed by atoms with Crippen LogP contribution in [0, 0.1) is 22.7 Å². The van der Waals surface area contributed by atoms with Gasteiger partial charge in [0.05, 0.1) is 50.8 Å². The molecule has 0 amide bonds. The monoisotopic (exact) mass is 440 g/mol. The molecule has 0 aromatic heterocycles. The van der Waals surface area contributed by atoms with Crippen LogP contribution in [0.5, 0.6) is 11.5 Å². The maximum atomic E-state index is 8.88. The lowest BCUT2D eigenvalue weighted by molar-refractivity contribution is 0.246. The zero-order valence-electron chi connectivity index (χ0n) is 17.4. The lowest BCUT2D eigenvalue weighted by Crippen LogP contribution is -2.05. The molecule has 0 aliphatic heterocycles. The first kappa shape index (κ1) is 10.7. The van der Waals surface area contributed by atoms with Gasteiger partial charge < -0.3 is 9.47 Å². The average Bonchev–Trinajstić information content (AvgIpc) is 2.64. The second-order valence-electron chi connectivity index (χ2n) is 4.05. The van der Waals surface area contributed by atoms with Gasteiger partial charge in [-0.25, -0.2) is 0 Å². The molecule has 0 heterocycles. The molecular formula is C17H12Br2N2O2. The van der Waals surface area contributed by atoms with E-state index < -0.39 is 19.5 Å². The molecule has 4 nitrogen and oxygen atoms in total. The summed E-state index contributed by atoms with van der Waals surface area (Å²) in [6.07, 6.45) is -3.28. The van der Waals surface area contributed by atoms with E-state index in [2.05, 4.69) is 31.9 Å². The molecule has 0 saturated heterocycles. The fourth-order valence-electron chi connectivity index (χ4n) is 1.49. The van der Waals surface area contributed by atoms with Crippen LogP contribution in [0.15, 0.2) is 45.3 Å². The Morgan fingerprint density at radius 2 is 1.30 bits per heavy atom. The molecule has 0 saturated carbocycles. The number of nitrogens with zero attached hydrogens (tertiary/aromatic N) is 2. The van der Waals surface area contributed by atoms with Crippen molar-refractivity contribution in [1.29, 1.82) is 10.5 Å². The molecular weight excluding hydrogens is 424 g/mol. The summed E-state index contributed by atoms with van der Waals surface area (Å²) in [5.41, 5.74) is 0.550. The second-order valence-corrected chi connectivity index (χ2v) is 5.76. The Morgan fingerprint density at radius 1 is 0.870 bits per heavy atom. The Bertz CT molecular complexity index is 938. The summed E-state index contributed by atoms with van der Waals surface area (Å²) < 4.78 is 58.8. The summed E-state index contributed by atoms with van der Waals surface area (Å²) >= 11 is 6.22. The minimum Gasteiger partial charge on any atom is -0.492 e.